The number of imidazole rings is 1. The number of carboxylic acids is 1. The van der Waals surface area contributed by atoms with Crippen LogP contribution in [0.2, 0.25) is 0 Å². The molecule has 0 amide bonds. The van der Waals surface area contributed by atoms with Crippen LogP contribution in [0.25, 0.3) is 11.0 Å². The van der Waals surface area contributed by atoms with Crippen molar-refractivity contribution in [3.05, 3.63) is 29.6 Å². The molecule has 20 heavy (non-hydrogen) atoms. The van der Waals surface area contributed by atoms with Gasteiger partial charge in [-0.3, -0.25) is 0 Å². The summed E-state index contributed by atoms with van der Waals surface area (Å²) in [5, 5.41) is 9.40. The lowest BCUT2D eigenvalue weighted by atomic mass is 10.1. The van der Waals surface area contributed by atoms with Crippen LogP contribution in [0.15, 0.2) is 18.2 Å². The number of aryl methyl sites for hydroxylation is 1. The summed E-state index contributed by atoms with van der Waals surface area (Å²) in [6, 6.07) is 5.44. The molecule has 0 saturated carbocycles. The number of fused-ring (bicyclic) bond motifs is 1. The predicted molar refractivity (Wildman–Crippen MR) is 79.3 cm³/mol. The molecule has 108 valence electrons. The van der Waals surface area contributed by atoms with Gasteiger partial charge in [0.1, 0.15) is 5.82 Å². The van der Waals surface area contributed by atoms with E-state index in [1.807, 2.05) is 27.1 Å². The Hall–Kier alpha value is -1.88. The van der Waals surface area contributed by atoms with Crippen LogP contribution < -0.4 is 0 Å². The Morgan fingerprint density at radius 1 is 1.45 bits per heavy atom. The molecule has 2 aromatic rings. The van der Waals surface area contributed by atoms with Gasteiger partial charge in [-0.2, -0.15) is 0 Å². The minimum absolute atomic E-state index is 0.172. The Bertz CT molecular complexity index is 631. The van der Waals surface area contributed by atoms with Gasteiger partial charge in [0.25, 0.3) is 0 Å². The molecule has 0 aliphatic carbocycles. The van der Waals surface area contributed by atoms with Gasteiger partial charge in [0.2, 0.25) is 0 Å². The van der Waals surface area contributed by atoms with Crippen LogP contribution in [0.3, 0.4) is 0 Å². The van der Waals surface area contributed by atoms with Crippen LogP contribution >= 0.6 is 0 Å². The number of carboxylic acid groups (broad SMARTS) is 1. The van der Waals surface area contributed by atoms with Crippen molar-refractivity contribution in [2.24, 2.45) is 0 Å². The maximum atomic E-state index is 11.5. The van der Waals surface area contributed by atoms with Crippen molar-refractivity contribution >= 4 is 17.0 Å². The van der Waals surface area contributed by atoms with E-state index in [0.717, 1.165) is 29.8 Å². The summed E-state index contributed by atoms with van der Waals surface area (Å²) in [6.45, 7) is 4.98. The molecule has 0 spiro atoms. The van der Waals surface area contributed by atoms with Crippen molar-refractivity contribution in [3.63, 3.8) is 0 Å². The van der Waals surface area contributed by atoms with Crippen LogP contribution in [0.4, 0.5) is 0 Å². The van der Waals surface area contributed by atoms with Gasteiger partial charge in [-0.05, 0) is 33.2 Å². The molecule has 1 N–H and O–H groups in total. The van der Waals surface area contributed by atoms with Crippen molar-refractivity contribution in [1.82, 2.24) is 14.5 Å². The first-order valence-corrected chi connectivity index (χ1v) is 6.83. The van der Waals surface area contributed by atoms with Crippen molar-refractivity contribution < 1.29 is 9.90 Å². The summed E-state index contributed by atoms with van der Waals surface area (Å²) in [6.07, 6.45) is 0.783. The highest BCUT2D eigenvalue weighted by atomic mass is 16.4. The smallest absolute Gasteiger partial charge is 0.337 e. The molecule has 0 aliphatic rings. The number of hydrogen-bond donors (Lipinski definition) is 1. The first kappa shape index (κ1) is 14.5. The highest BCUT2D eigenvalue weighted by Crippen LogP contribution is 2.25. The van der Waals surface area contributed by atoms with Gasteiger partial charge in [-0.25, -0.2) is 9.78 Å². The van der Waals surface area contributed by atoms with Crippen LogP contribution in [-0.2, 0) is 6.42 Å². The zero-order valence-corrected chi connectivity index (χ0v) is 12.4. The van der Waals surface area contributed by atoms with Gasteiger partial charge in [-0.15, -0.1) is 0 Å². The molecule has 0 fully saturated rings. The van der Waals surface area contributed by atoms with Gasteiger partial charge >= 0.3 is 5.97 Å². The lowest BCUT2D eigenvalue weighted by Crippen LogP contribution is -2.24. The minimum atomic E-state index is -0.906. The number of para-hydroxylation sites is 1. The molecule has 2 rings (SSSR count). The molecule has 1 atom stereocenters. The monoisotopic (exact) mass is 275 g/mol. The van der Waals surface area contributed by atoms with E-state index in [2.05, 4.69) is 21.4 Å². The number of likely N-dealkylation sites (N-methyl/N-ethyl adjacent to an activating group) is 1. The summed E-state index contributed by atoms with van der Waals surface area (Å²) in [7, 11) is 4.03. The van der Waals surface area contributed by atoms with Crippen LogP contribution in [0.1, 0.15) is 36.1 Å². The zero-order valence-electron chi connectivity index (χ0n) is 12.4. The molecule has 5 heteroatoms. The highest BCUT2D eigenvalue weighted by molar-refractivity contribution is 6.01. The number of aromatic nitrogens is 2. The summed E-state index contributed by atoms with van der Waals surface area (Å²) in [5.74, 6) is 0.0273. The third kappa shape index (κ3) is 2.54. The van der Waals surface area contributed by atoms with E-state index in [0.29, 0.717) is 5.56 Å². The first-order valence-electron chi connectivity index (χ1n) is 6.83. The summed E-state index contributed by atoms with van der Waals surface area (Å²) < 4.78 is 2.07. The fourth-order valence-corrected chi connectivity index (χ4v) is 2.70. The highest BCUT2D eigenvalue weighted by Gasteiger charge is 2.20. The molecule has 1 aromatic carbocycles. The van der Waals surface area contributed by atoms with Crippen LogP contribution in [0.5, 0.6) is 0 Å². The van der Waals surface area contributed by atoms with E-state index < -0.39 is 5.97 Å². The van der Waals surface area contributed by atoms with Crippen molar-refractivity contribution in [1.29, 1.82) is 0 Å². The molecule has 0 radical (unpaired) electrons. The predicted octanol–water partition coefficient (Wildman–Crippen LogP) is 2.42. The standard InChI is InChI=1S/C15H21N3O2/c1-5-13-16-12-8-6-7-11(15(19)20)14(12)18(13)10(2)9-17(3)4/h6-8,10H,5,9H2,1-4H3,(H,19,20). The molecular weight excluding hydrogens is 254 g/mol. The van der Waals surface area contributed by atoms with Gasteiger partial charge in [-0.1, -0.05) is 13.0 Å². The van der Waals surface area contributed by atoms with Crippen LogP contribution in [0, 0.1) is 0 Å². The Morgan fingerprint density at radius 2 is 2.15 bits per heavy atom. The second kappa shape index (κ2) is 5.63. The molecule has 1 heterocycles. The third-order valence-electron chi connectivity index (χ3n) is 3.40. The fourth-order valence-electron chi connectivity index (χ4n) is 2.70. The molecule has 1 unspecified atom stereocenters. The van der Waals surface area contributed by atoms with Crippen molar-refractivity contribution in [2.45, 2.75) is 26.3 Å². The summed E-state index contributed by atoms with van der Waals surface area (Å²) in [4.78, 5) is 18.1. The van der Waals surface area contributed by atoms with E-state index in [1.54, 1.807) is 12.1 Å². The van der Waals surface area contributed by atoms with Crippen molar-refractivity contribution in [2.75, 3.05) is 20.6 Å². The topological polar surface area (TPSA) is 58.4 Å². The SMILES string of the molecule is CCc1nc2cccc(C(=O)O)c2n1C(C)CN(C)C. The maximum Gasteiger partial charge on any atom is 0.337 e. The largest absolute Gasteiger partial charge is 0.478 e. The van der Waals surface area contributed by atoms with E-state index in [4.69, 9.17) is 0 Å². The van der Waals surface area contributed by atoms with E-state index >= 15 is 0 Å². The van der Waals surface area contributed by atoms with E-state index in [1.165, 1.54) is 0 Å². The summed E-state index contributed by atoms with van der Waals surface area (Å²) in [5.41, 5.74) is 1.80. The number of hydrogen-bond acceptors (Lipinski definition) is 3. The average molecular weight is 275 g/mol. The van der Waals surface area contributed by atoms with Gasteiger partial charge in [0, 0.05) is 19.0 Å². The first-order chi connectivity index (χ1) is 9.45. The molecule has 0 bridgehead atoms. The van der Waals surface area contributed by atoms with Gasteiger partial charge in [0.05, 0.1) is 16.6 Å². The molecule has 1 aromatic heterocycles. The number of benzene rings is 1. The second-order valence-corrected chi connectivity index (χ2v) is 5.34. The third-order valence-corrected chi connectivity index (χ3v) is 3.40. The van der Waals surface area contributed by atoms with E-state index in [9.17, 15) is 9.90 Å². The molecule has 0 aliphatic heterocycles. The van der Waals surface area contributed by atoms with Crippen LogP contribution in [-0.4, -0.2) is 46.2 Å². The zero-order chi connectivity index (χ0) is 14.9. The molecular formula is C15H21N3O2. The Labute approximate surface area is 118 Å². The Morgan fingerprint density at radius 3 is 2.70 bits per heavy atom. The van der Waals surface area contributed by atoms with Crippen molar-refractivity contribution in [3.8, 4) is 0 Å². The van der Waals surface area contributed by atoms with Gasteiger partial charge in [0.15, 0.2) is 0 Å². The number of rotatable bonds is 5. The Balaban J connectivity index is 2.69. The summed E-state index contributed by atoms with van der Waals surface area (Å²) >= 11 is 0. The average Bonchev–Trinajstić information content (AvgIpc) is 2.75. The van der Waals surface area contributed by atoms with Gasteiger partial charge < -0.3 is 14.6 Å². The lowest BCUT2D eigenvalue weighted by Gasteiger charge is -2.21. The number of carbonyl (C=O) groups is 1. The Kier molecular flexibility index (Phi) is 4.09. The second-order valence-electron chi connectivity index (χ2n) is 5.34. The van der Waals surface area contributed by atoms with E-state index in [-0.39, 0.29) is 6.04 Å². The fraction of sp³-hybridized carbons (Fsp3) is 0.467. The normalized spacial score (nSPS) is 13.1. The minimum Gasteiger partial charge on any atom is -0.478 e. The lowest BCUT2D eigenvalue weighted by molar-refractivity contribution is 0.0698. The molecule has 0 saturated heterocycles. The number of nitrogens with zero attached hydrogens (tertiary/aromatic N) is 3. The number of aromatic carboxylic acids is 1. The maximum absolute atomic E-state index is 11.5. The molecule has 5 nitrogen and oxygen atoms in total. The quantitative estimate of drug-likeness (QED) is 0.910.